The quantitative estimate of drug-likeness (QED) is 0.495. The number of aliphatic imine (C=N–C) groups is 1. The Hall–Kier alpha value is -2.30. The van der Waals surface area contributed by atoms with Crippen molar-refractivity contribution < 1.29 is 9.53 Å². The van der Waals surface area contributed by atoms with Crippen LogP contribution in [0.15, 0.2) is 29.3 Å². The van der Waals surface area contributed by atoms with Crippen molar-refractivity contribution in [2.24, 2.45) is 10.7 Å². The number of nitrogens with one attached hydrogen (secondary N) is 1. The van der Waals surface area contributed by atoms with Crippen LogP contribution in [0.5, 0.6) is 0 Å². The zero-order chi connectivity index (χ0) is 13.1. The Morgan fingerprint density at radius 2 is 2.17 bits per heavy atom. The molecule has 0 atom stereocenters. The summed E-state index contributed by atoms with van der Waals surface area (Å²) in [5, 5.41) is 0.788. The lowest BCUT2D eigenvalue weighted by molar-refractivity contribution is 0.0530. The molecule has 1 aromatic heterocycles. The normalized spacial score (nSPS) is 11.8. The molecular formula is C13H15N3O2. The van der Waals surface area contributed by atoms with E-state index in [1.165, 1.54) is 0 Å². The van der Waals surface area contributed by atoms with E-state index in [0.717, 1.165) is 10.9 Å². The first-order valence-corrected chi connectivity index (χ1v) is 5.72. The molecule has 18 heavy (non-hydrogen) atoms. The highest BCUT2D eigenvalue weighted by molar-refractivity contribution is 6.09. The van der Waals surface area contributed by atoms with Crippen molar-refractivity contribution in [3.8, 4) is 0 Å². The van der Waals surface area contributed by atoms with E-state index in [1.807, 2.05) is 24.3 Å². The summed E-state index contributed by atoms with van der Waals surface area (Å²) < 4.78 is 5.05. The highest BCUT2D eigenvalue weighted by Gasteiger charge is 2.19. The van der Waals surface area contributed by atoms with Crippen molar-refractivity contribution in [2.45, 2.75) is 13.8 Å². The lowest BCUT2D eigenvalue weighted by Crippen LogP contribution is -2.07. The molecule has 0 unspecified atom stereocenters. The second kappa shape index (κ2) is 4.91. The second-order valence-electron chi connectivity index (χ2n) is 3.87. The minimum atomic E-state index is -0.394. The van der Waals surface area contributed by atoms with E-state index in [2.05, 4.69) is 9.98 Å². The number of nitrogens with zero attached hydrogens (tertiary/aromatic N) is 1. The van der Waals surface area contributed by atoms with Crippen molar-refractivity contribution in [2.75, 3.05) is 6.61 Å². The number of H-pyrrole nitrogens is 1. The minimum absolute atomic E-state index is 0.323. The monoisotopic (exact) mass is 245 g/mol. The van der Waals surface area contributed by atoms with Crippen molar-refractivity contribution in [1.82, 2.24) is 4.98 Å². The number of aromatic amines is 1. The van der Waals surface area contributed by atoms with E-state index in [-0.39, 0.29) is 0 Å². The van der Waals surface area contributed by atoms with Gasteiger partial charge in [-0.1, -0.05) is 18.2 Å². The predicted octanol–water partition coefficient (Wildman–Crippen LogP) is 2.35. The topological polar surface area (TPSA) is 80.5 Å². The number of amidine groups is 1. The smallest absolute Gasteiger partial charge is 0.342 e. The molecule has 0 amide bonds. The third kappa shape index (κ3) is 2.20. The third-order valence-electron chi connectivity index (χ3n) is 2.45. The van der Waals surface area contributed by atoms with Gasteiger partial charge in [0.2, 0.25) is 0 Å². The predicted molar refractivity (Wildman–Crippen MR) is 71.2 cm³/mol. The fourth-order valence-corrected chi connectivity index (χ4v) is 1.80. The maximum Gasteiger partial charge on any atom is 0.342 e. The molecule has 0 fully saturated rings. The zero-order valence-corrected chi connectivity index (χ0v) is 10.4. The van der Waals surface area contributed by atoms with E-state index in [9.17, 15) is 4.79 Å². The first-order chi connectivity index (χ1) is 8.63. The van der Waals surface area contributed by atoms with Gasteiger partial charge in [-0.2, -0.15) is 0 Å². The van der Waals surface area contributed by atoms with Gasteiger partial charge in [0.05, 0.1) is 12.4 Å². The number of hydrogen-bond donors (Lipinski definition) is 2. The molecule has 0 spiro atoms. The number of aromatic nitrogens is 1. The van der Waals surface area contributed by atoms with Gasteiger partial charge in [0.25, 0.3) is 0 Å². The Kier molecular flexibility index (Phi) is 3.32. The van der Waals surface area contributed by atoms with E-state index < -0.39 is 5.97 Å². The Balaban J connectivity index is 2.65. The average molecular weight is 245 g/mol. The molecule has 1 heterocycles. The van der Waals surface area contributed by atoms with Gasteiger partial charge in [-0.3, -0.25) is 0 Å². The molecule has 2 rings (SSSR count). The van der Waals surface area contributed by atoms with Crippen molar-refractivity contribution >= 4 is 28.5 Å². The average Bonchev–Trinajstić information content (AvgIpc) is 2.66. The molecule has 3 N–H and O–H groups in total. The van der Waals surface area contributed by atoms with Gasteiger partial charge in [-0.05, 0) is 19.9 Å². The lowest BCUT2D eigenvalue weighted by Gasteiger charge is -2.01. The van der Waals surface area contributed by atoms with Gasteiger partial charge in [0, 0.05) is 10.9 Å². The number of fused-ring (bicyclic) bond motifs is 1. The fourth-order valence-electron chi connectivity index (χ4n) is 1.80. The number of para-hydroxylation sites is 1. The molecule has 5 nitrogen and oxygen atoms in total. The number of hydrogen-bond acceptors (Lipinski definition) is 3. The summed E-state index contributed by atoms with van der Waals surface area (Å²) in [5.41, 5.74) is 6.83. The summed E-state index contributed by atoms with van der Waals surface area (Å²) in [6, 6.07) is 7.48. The van der Waals surface area contributed by atoms with Gasteiger partial charge in [-0.25, -0.2) is 9.79 Å². The highest BCUT2D eigenvalue weighted by atomic mass is 16.5. The summed E-state index contributed by atoms with van der Waals surface area (Å²) in [4.78, 5) is 19.2. The van der Waals surface area contributed by atoms with Crippen molar-refractivity contribution in [1.29, 1.82) is 0 Å². The summed E-state index contributed by atoms with van der Waals surface area (Å²) in [5.74, 6) is 0.428. The first kappa shape index (κ1) is 12.2. The number of ether oxygens (including phenoxy) is 1. The lowest BCUT2D eigenvalue weighted by atomic mass is 10.1. The van der Waals surface area contributed by atoms with E-state index in [0.29, 0.717) is 23.8 Å². The molecule has 94 valence electrons. The molecule has 0 aliphatic heterocycles. The van der Waals surface area contributed by atoms with Crippen molar-refractivity contribution in [3.63, 3.8) is 0 Å². The SMILES string of the molecule is CCOC(=O)c1c(/N=C(\C)N)[nH]c2ccccc12. The maximum atomic E-state index is 12.0. The second-order valence-corrected chi connectivity index (χ2v) is 3.87. The fraction of sp³-hybridized carbons (Fsp3) is 0.231. The largest absolute Gasteiger partial charge is 0.462 e. The summed E-state index contributed by atoms with van der Waals surface area (Å²) >= 11 is 0. The summed E-state index contributed by atoms with van der Waals surface area (Å²) in [6.45, 7) is 3.76. The van der Waals surface area contributed by atoms with Crippen LogP contribution in [-0.4, -0.2) is 23.4 Å². The number of benzene rings is 1. The number of nitrogens with two attached hydrogens (primary N) is 1. The van der Waals surface area contributed by atoms with Crippen LogP contribution in [-0.2, 0) is 4.74 Å². The molecule has 0 bridgehead atoms. The zero-order valence-electron chi connectivity index (χ0n) is 10.4. The van der Waals surface area contributed by atoms with Crippen LogP contribution in [0.25, 0.3) is 10.9 Å². The molecule has 2 aromatic rings. The van der Waals surface area contributed by atoms with Gasteiger partial charge in [0.1, 0.15) is 11.4 Å². The number of carbonyl (C=O) groups is 1. The van der Waals surface area contributed by atoms with Crippen LogP contribution in [0.1, 0.15) is 24.2 Å². The van der Waals surface area contributed by atoms with Gasteiger partial charge < -0.3 is 15.5 Å². The molecule has 5 heteroatoms. The number of carbonyl (C=O) groups excluding carboxylic acids is 1. The van der Waals surface area contributed by atoms with Gasteiger partial charge in [0.15, 0.2) is 0 Å². The van der Waals surface area contributed by atoms with E-state index in [1.54, 1.807) is 13.8 Å². The molecule has 0 radical (unpaired) electrons. The van der Waals surface area contributed by atoms with Crippen LogP contribution in [0.4, 0.5) is 5.82 Å². The standard InChI is InChI=1S/C13H15N3O2/c1-3-18-13(17)11-9-6-4-5-7-10(9)16-12(11)15-8(2)14/h4-7,16H,3H2,1-2H3,(H2,14,15). The molecule has 0 saturated heterocycles. The Morgan fingerprint density at radius 1 is 1.44 bits per heavy atom. The highest BCUT2D eigenvalue weighted by Crippen LogP contribution is 2.28. The van der Waals surface area contributed by atoms with Crippen LogP contribution >= 0.6 is 0 Å². The van der Waals surface area contributed by atoms with E-state index >= 15 is 0 Å². The molecule has 1 aromatic carbocycles. The Bertz CT molecular complexity index is 610. The van der Waals surface area contributed by atoms with Gasteiger partial charge >= 0.3 is 5.97 Å². The molecule has 0 aliphatic rings. The molecule has 0 saturated carbocycles. The first-order valence-electron chi connectivity index (χ1n) is 5.72. The van der Waals surface area contributed by atoms with Crippen LogP contribution in [0, 0.1) is 0 Å². The minimum Gasteiger partial charge on any atom is -0.462 e. The molecule has 0 aliphatic carbocycles. The van der Waals surface area contributed by atoms with Crippen LogP contribution < -0.4 is 5.73 Å². The van der Waals surface area contributed by atoms with E-state index in [4.69, 9.17) is 10.5 Å². The maximum absolute atomic E-state index is 12.0. The van der Waals surface area contributed by atoms with Crippen molar-refractivity contribution in [3.05, 3.63) is 29.8 Å². The summed E-state index contributed by atoms with van der Waals surface area (Å²) in [6.07, 6.45) is 0. The summed E-state index contributed by atoms with van der Waals surface area (Å²) in [7, 11) is 0. The Morgan fingerprint density at radius 3 is 2.83 bits per heavy atom. The Labute approximate surface area is 105 Å². The number of esters is 1. The van der Waals surface area contributed by atoms with Crippen LogP contribution in [0.2, 0.25) is 0 Å². The van der Waals surface area contributed by atoms with Crippen LogP contribution in [0.3, 0.4) is 0 Å². The van der Waals surface area contributed by atoms with Gasteiger partial charge in [-0.15, -0.1) is 0 Å². The molecular weight excluding hydrogens is 230 g/mol. The third-order valence-corrected chi connectivity index (χ3v) is 2.45. The number of rotatable bonds is 3.